The zero-order valence-electron chi connectivity index (χ0n) is 21.6. The Balaban J connectivity index is 2.27. The van der Waals surface area contributed by atoms with Crippen molar-refractivity contribution in [1.29, 1.82) is 0 Å². The average molecular weight is 598 g/mol. The SMILES string of the molecule is CCC(CC)NS(=O)(=O)N(CCCc1ccc(OCCOC)cc1Oc1ncc(C(F)(F)F)cc1Cl)C(=O)O. The summed E-state index contributed by atoms with van der Waals surface area (Å²) in [4.78, 5) is 15.4. The fraction of sp³-hybridized carbons (Fsp3) is 0.500. The molecule has 0 unspecified atom stereocenters. The van der Waals surface area contributed by atoms with Crippen molar-refractivity contribution >= 4 is 27.9 Å². The second-order valence-electron chi connectivity index (χ2n) is 8.32. The van der Waals surface area contributed by atoms with Crippen molar-refractivity contribution in [3.63, 3.8) is 0 Å². The molecule has 0 aliphatic heterocycles. The lowest BCUT2D eigenvalue weighted by Crippen LogP contribution is -2.47. The minimum Gasteiger partial charge on any atom is -0.491 e. The van der Waals surface area contributed by atoms with E-state index in [1.54, 1.807) is 26.0 Å². The summed E-state index contributed by atoms with van der Waals surface area (Å²) in [7, 11) is -2.80. The first-order chi connectivity index (χ1) is 18.3. The number of benzene rings is 1. The quantitative estimate of drug-likeness (QED) is 0.257. The standard InChI is InChI=1S/C24H31ClF3N3O7S/c1-4-18(5-2)30-39(34,35)31(23(32)33)10-6-7-16-8-9-19(37-12-11-36-3)14-21(16)38-22-20(25)13-17(15-29-22)24(26,27)28/h8-9,13-15,18,30H,4-7,10-12H2,1-3H3,(H,32,33). The van der Waals surface area contributed by atoms with Crippen LogP contribution >= 0.6 is 11.6 Å². The molecule has 2 aromatic rings. The van der Waals surface area contributed by atoms with Gasteiger partial charge >= 0.3 is 22.5 Å². The molecule has 1 aromatic carbocycles. The maximum absolute atomic E-state index is 13.0. The van der Waals surface area contributed by atoms with Gasteiger partial charge < -0.3 is 19.3 Å². The Kier molecular flexibility index (Phi) is 12.1. The number of hydrogen-bond acceptors (Lipinski definition) is 7. The molecule has 0 fully saturated rings. The number of alkyl halides is 3. The Bertz CT molecular complexity index is 1210. The lowest BCUT2D eigenvalue weighted by atomic mass is 10.1. The Morgan fingerprint density at radius 1 is 1.21 bits per heavy atom. The molecule has 1 heterocycles. The molecule has 39 heavy (non-hydrogen) atoms. The van der Waals surface area contributed by atoms with E-state index in [-0.39, 0.29) is 42.6 Å². The predicted octanol–water partition coefficient (Wildman–Crippen LogP) is 5.51. The summed E-state index contributed by atoms with van der Waals surface area (Å²) in [6.07, 6.45) is -4.49. The van der Waals surface area contributed by atoms with Gasteiger partial charge in [-0.1, -0.05) is 31.5 Å². The molecule has 2 rings (SSSR count). The fourth-order valence-corrected chi connectivity index (χ4v) is 5.05. The number of nitrogens with zero attached hydrogens (tertiary/aromatic N) is 2. The number of methoxy groups -OCH3 is 1. The van der Waals surface area contributed by atoms with Crippen molar-refractivity contribution in [1.82, 2.24) is 14.0 Å². The highest BCUT2D eigenvalue weighted by molar-refractivity contribution is 7.87. The number of aryl methyl sites for hydroxylation is 1. The molecular formula is C24H31ClF3N3O7S. The van der Waals surface area contributed by atoms with Crippen LogP contribution in [0.3, 0.4) is 0 Å². The van der Waals surface area contributed by atoms with Crippen LogP contribution in [0.1, 0.15) is 44.2 Å². The monoisotopic (exact) mass is 597 g/mol. The van der Waals surface area contributed by atoms with Gasteiger partial charge in [-0.05, 0) is 43.4 Å². The predicted molar refractivity (Wildman–Crippen MR) is 138 cm³/mol. The van der Waals surface area contributed by atoms with Crippen LogP contribution in [0.5, 0.6) is 17.4 Å². The van der Waals surface area contributed by atoms with Crippen molar-refractivity contribution in [2.75, 3.05) is 26.9 Å². The number of amides is 1. The van der Waals surface area contributed by atoms with Gasteiger partial charge in [-0.2, -0.15) is 30.6 Å². The first-order valence-electron chi connectivity index (χ1n) is 12.0. The first kappa shape index (κ1) is 32.4. The molecule has 0 atom stereocenters. The largest absolute Gasteiger partial charge is 0.491 e. The molecule has 0 saturated heterocycles. The minimum atomic E-state index is -4.64. The second kappa shape index (κ2) is 14.5. The number of carboxylic acid groups (broad SMARTS) is 1. The third-order valence-corrected chi connectivity index (χ3v) is 7.37. The van der Waals surface area contributed by atoms with E-state index in [0.29, 0.717) is 47.3 Å². The van der Waals surface area contributed by atoms with Crippen LogP contribution in [0.25, 0.3) is 0 Å². The van der Waals surface area contributed by atoms with E-state index in [1.165, 1.54) is 13.2 Å². The maximum Gasteiger partial charge on any atom is 0.422 e. The first-order valence-corrected chi connectivity index (χ1v) is 13.8. The van der Waals surface area contributed by atoms with Gasteiger partial charge in [-0.15, -0.1) is 0 Å². The number of pyridine rings is 1. The fourth-order valence-electron chi connectivity index (χ4n) is 3.39. The van der Waals surface area contributed by atoms with Gasteiger partial charge in [0.25, 0.3) is 0 Å². The topological polar surface area (TPSA) is 127 Å². The highest BCUT2D eigenvalue weighted by Gasteiger charge is 2.32. The molecule has 10 nitrogen and oxygen atoms in total. The van der Waals surface area contributed by atoms with Crippen molar-refractivity contribution in [3.05, 3.63) is 46.6 Å². The molecule has 15 heteroatoms. The van der Waals surface area contributed by atoms with Gasteiger partial charge in [0.05, 0.1) is 12.2 Å². The lowest BCUT2D eigenvalue weighted by molar-refractivity contribution is -0.137. The summed E-state index contributed by atoms with van der Waals surface area (Å²) in [5.41, 5.74) is -0.559. The van der Waals surface area contributed by atoms with Crippen LogP contribution < -0.4 is 14.2 Å². The Morgan fingerprint density at radius 3 is 2.46 bits per heavy atom. The molecule has 0 bridgehead atoms. The van der Waals surface area contributed by atoms with Gasteiger partial charge in [0.15, 0.2) is 0 Å². The van der Waals surface area contributed by atoms with Crippen molar-refractivity contribution in [2.45, 2.75) is 51.7 Å². The smallest absolute Gasteiger partial charge is 0.422 e. The van der Waals surface area contributed by atoms with Crippen molar-refractivity contribution < 1.29 is 45.7 Å². The summed E-state index contributed by atoms with van der Waals surface area (Å²) in [6.45, 7) is 3.72. The normalized spacial score (nSPS) is 12.0. The van der Waals surface area contributed by atoms with Gasteiger partial charge in [-0.3, -0.25) is 0 Å². The van der Waals surface area contributed by atoms with Crippen LogP contribution in [0.15, 0.2) is 30.5 Å². The molecule has 218 valence electrons. The molecule has 0 radical (unpaired) electrons. The lowest BCUT2D eigenvalue weighted by Gasteiger charge is -2.23. The number of hydrogen-bond donors (Lipinski definition) is 2. The highest BCUT2D eigenvalue weighted by Crippen LogP contribution is 2.36. The number of rotatable bonds is 15. The Morgan fingerprint density at radius 2 is 1.90 bits per heavy atom. The molecule has 0 saturated carbocycles. The van der Waals surface area contributed by atoms with E-state index in [9.17, 15) is 31.5 Å². The van der Waals surface area contributed by atoms with E-state index in [4.69, 9.17) is 25.8 Å². The van der Waals surface area contributed by atoms with Crippen LogP contribution in [0.2, 0.25) is 5.02 Å². The zero-order chi connectivity index (χ0) is 29.2. The van der Waals surface area contributed by atoms with Crippen molar-refractivity contribution in [3.8, 4) is 17.4 Å². The molecular weight excluding hydrogens is 567 g/mol. The highest BCUT2D eigenvalue weighted by atomic mass is 35.5. The van der Waals surface area contributed by atoms with E-state index in [0.717, 1.165) is 0 Å². The van der Waals surface area contributed by atoms with Crippen molar-refractivity contribution in [2.24, 2.45) is 0 Å². The summed E-state index contributed by atoms with van der Waals surface area (Å²) < 4.78 is 83.2. The summed E-state index contributed by atoms with van der Waals surface area (Å²) in [5, 5.41) is 9.14. The third kappa shape index (κ3) is 9.71. The Labute approximate surface area is 230 Å². The minimum absolute atomic E-state index is 0.0739. The van der Waals surface area contributed by atoms with E-state index < -0.39 is 34.1 Å². The number of carbonyl (C=O) groups is 1. The van der Waals surface area contributed by atoms with E-state index in [1.807, 2.05) is 0 Å². The summed E-state index contributed by atoms with van der Waals surface area (Å²) in [5.74, 6) is 0.209. The van der Waals surface area contributed by atoms with Crippen LogP contribution in [-0.4, -0.2) is 61.8 Å². The number of nitrogens with one attached hydrogen (secondary N) is 1. The van der Waals surface area contributed by atoms with Gasteiger partial charge in [0.2, 0.25) is 5.88 Å². The molecule has 1 aromatic heterocycles. The summed E-state index contributed by atoms with van der Waals surface area (Å²) in [6, 6.07) is 4.97. The second-order valence-corrected chi connectivity index (χ2v) is 10.3. The summed E-state index contributed by atoms with van der Waals surface area (Å²) >= 11 is 6.00. The average Bonchev–Trinajstić information content (AvgIpc) is 2.86. The maximum atomic E-state index is 13.0. The number of ether oxygens (including phenoxy) is 3. The molecule has 2 N–H and O–H groups in total. The van der Waals surface area contributed by atoms with E-state index in [2.05, 4.69) is 9.71 Å². The van der Waals surface area contributed by atoms with Crippen LogP contribution in [0, 0.1) is 0 Å². The van der Waals surface area contributed by atoms with Gasteiger partial charge in [0.1, 0.15) is 23.1 Å². The number of aromatic nitrogens is 1. The third-order valence-electron chi connectivity index (χ3n) is 5.55. The number of halogens is 4. The molecule has 0 spiro atoms. The van der Waals surface area contributed by atoms with E-state index >= 15 is 0 Å². The van der Waals surface area contributed by atoms with Crippen LogP contribution in [0.4, 0.5) is 18.0 Å². The van der Waals surface area contributed by atoms with Gasteiger partial charge in [-0.25, -0.2) is 9.78 Å². The Hall–Kier alpha value is -2.81. The van der Waals surface area contributed by atoms with Crippen LogP contribution in [-0.2, 0) is 27.5 Å². The molecule has 0 aliphatic rings. The molecule has 1 amide bonds. The zero-order valence-corrected chi connectivity index (χ0v) is 23.2. The van der Waals surface area contributed by atoms with Gasteiger partial charge in [0, 0.05) is 32.0 Å². The molecule has 0 aliphatic carbocycles.